The summed E-state index contributed by atoms with van der Waals surface area (Å²) < 4.78 is 44.3. The van der Waals surface area contributed by atoms with Crippen molar-refractivity contribution in [1.29, 1.82) is 0 Å². The Morgan fingerprint density at radius 3 is 2.52 bits per heavy atom. The highest BCUT2D eigenvalue weighted by Crippen LogP contribution is 2.38. The van der Waals surface area contributed by atoms with Crippen LogP contribution in [0, 0.1) is 0 Å². The molecule has 1 aliphatic heterocycles. The highest BCUT2D eigenvalue weighted by molar-refractivity contribution is 6.32. The molecule has 0 spiro atoms. The van der Waals surface area contributed by atoms with Crippen molar-refractivity contribution in [3.05, 3.63) is 28.3 Å². The first-order valence-electron chi connectivity index (χ1n) is 6.78. The fraction of sp³-hybridized carbons (Fsp3) is 0.571. The first kappa shape index (κ1) is 16.4. The largest absolute Gasteiger partial charge is 0.495 e. The smallest absolute Gasteiger partial charge is 0.416 e. The second kappa shape index (κ2) is 6.85. The Labute approximate surface area is 127 Å². The molecule has 0 radical (unpaired) electrons. The summed E-state index contributed by atoms with van der Waals surface area (Å²) in [5.41, 5.74) is -0.453. The van der Waals surface area contributed by atoms with Crippen molar-refractivity contribution in [1.82, 2.24) is 10.2 Å². The Kier molecular flexibility index (Phi) is 5.35. The van der Waals surface area contributed by atoms with Gasteiger partial charge in [0.2, 0.25) is 0 Å². The van der Waals surface area contributed by atoms with Gasteiger partial charge in [0.1, 0.15) is 5.75 Å². The summed E-state index contributed by atoms with van der Waals surface area (Å²) in [5, 5.41) is 3.42. The van der Waals surface area contributed by atoms with E-state index in [9.17, 15) is 13.2 Å². The lowest BCUT2D eigenvalue weighted by Crippen LogP contribution is -2.44. The minimum absolute atomic E-state index is 0.0508. The molecule has 21 heavy (non-hydrogen) atoms. The molecule has 7 heteroatoms. The maximum Gasteiger partial charge on any atom is 0.416 e. The van der Waals surface area contributed by atoms with Crippen molar-refractivity contribution in [2.45, 2.75) is 12.6 Å². The number of ether oxygens (including phenoxy) is 1. The third-order valence-corrected chi connectivity index (χ3v) is 3.89. The van der Waals surface area contributed by atoms with E-state index in [1.54, 1.807) is 0 Å². The van der Waals surface area contributed by atoms with Gasteiger partial charge in [-0.3, -0.25) is 0 Å². The van der Waals surface area contributed by atoms with E-state index in [2.05, 4.69) is 10.2 Å². The molecule has 1 aromatic rings. The molecule has 3 nitrogen and oxygen atoms in total. The van der Waals surface area contributed by atoms with E-state index in [4.69, 9.17) is 16.3 Å². The molecule has 1 aliphatic rings. The van der Waals surface area contributed by atoms with Gasteiger partial charge in [-0.1, -0.05) is 11.6 Å². The third-order valence-electron chi connectivity index (χ3n) is 3.59. The van der Waals surface area contributed by atoms with Crippen molar-refractivity contribution >= 4 is 11.6 Å². The zero-order valence-corrected chi connectivity index (χ0v) is 12.5. The van der Waals surface area contributed by atoms with Gasteiger partial charge in [-0.25, -0.2) is 0 Å². The minimum atomic E-state index is -4.41. The second-order valence-corrected chi connectivity index (χ2v) is 5.39. The molecule has 0 amide bonds. The predicted octanol–water partition coefficient (Wildman–Crippen LogP) is 2.82. The van der Waals surface area contributed by atoms with Gasteiger partial charge in [0.15, 0.2) is 0 Å². The molecule has 1 fully saturated rings. The maximum absolute atomic E-state index is 13.1. The molecule has 0 saturated carbocycles. The highest BCUT2D eigenvalue weighted by atomic mass is 35.5. The number of nitrogens with one attached hydrogen (secondary N) is 1. The van der Waals surface area contributed by atoms with E-state index in [0.29, 0.717) is 13.0 Å². The van der Waals surface area contributed by atoms with Crippen molar-refractivity contribution in [2.75, 3.05) is 39.8 Å². The first-order chi connectivity index (χ1) is 9.91. The average molecular weight is 323 g/mol. The van der Waals surface area contributed by atoms with Gasteiger partial charge in [-0.15, -0.1) is 0 Å². The van der Waals surface area contributed by atoms with Crippen molar-refractivity contribution < 1.29 is 17.9 Å². The summed E-state index contributed by atoms with van der Waals surface area (Å²) >= 11 is 5.96. The van der Waals surface area contributed by atoms with Crippen molar-refractivity contribution in [3.8, 4) is 5.75 Å². The van der Waals surface area contributed by atoms with Crippen LogP contribution >= 0.6 is 11.6 Å². The van der Waals surface area contributed by atoms with Gasteiger partial charge in [0.05, 0.1) is 17.7 Å². The molecule has 0 bridgehead atoms. The lowest BCUT2D eigenvalue weighted by atomic mass is 10.0. The van der Waals surface area contributed by atoms with Crippen molar-refractivity contribution in [3.63, 3.8) is 0 Å². The zero-order valence-electron chi connectivity index (χ0n) is 11.8. The average Bonchev–Trinajstić information content (AvgIpc) is 2.45. The molecule has 1 heterocycles. The Morgan fingerprint density at radius 1 is 1.29 bits per heavy atom. The summed E-state index contributed by atoms with van der Waals surface area (Å²) in [6, 6.07) is 2.35. The summed E-state index contributed by atoms with van der Waals surface area (Å²) in [7, 11) is 1.31. The molecule has 1 N–H and O–H groups in total. The van der Waals surface area contributed by atoms with Gasteiger partial charge in [0.25, 0.3) is 0 Å². The molecule has 0 atom stereocenters. The number of piperazine rings is 1. The molecule has 1 aromatic carbocycles. The number of hydrogen-bond donors (Lipinski definition) is 1. The van der Waals surface area contributed by atoms with Crippen LogP contribution in [0.5, 0.6) is 5.75 Å². The topological polar surface area (TPSA) is 24.5 Å². The van der Waals surface area contributed by atoms with E-state index in [1.807, 2.05) is 0 Å². The molecule has 0 unspecified atom stereocenters. The number of methoxy groups -OCH3 is 1. The van der Waals surface area contributed by atoms with Crippen LogP contribution in [0.3, 0.4) is 0 Å². The number of hydrogen-bond acceptors (Lipinski definition) is 3. The van der Waals surface area contributed by atoms with E-state index >= 15 is 0 Å². The third kappa shape index (κ3) is 4.25. The quantitative estimate of drug-likeness (QED) is 0.922. The normalized spacial score (nSPS) is 17.0. The fourth-order valence-corrected chi connectivity index (χ4v) is 2.70. The van der Waals surface area contributed by atoms with Crippen LogP contribution in [-0.4, -0.2) is 44.7 Å². The van der Waals surface area contributed by atoms with Crippen LogP contribution < -0.4 is 10.1 Å². The Morgan fingerprint density at radius 2 is 1.95 bits per heavy atom. The van der Waals surface area contributed by atoms with Crippen LogP contribution in [0.25, 0.3) is 0 Å². The molecule has 0 aromatic heterocycles. The predicted molar refractivity (Wildman–Crippen MR) is 76.0 cm³/mol. The van der Waals surface area contributed by atoms with E-state index in [0.717, 1.165) is 32.2 Å². The molecule has 2 rings (SSSR count). The van der Waals surface area contributed by atoms with Crippen LogP contribution in [0.1, 0.15) is 11.1 Å². The van der Waals surface area contributed by atoms with Gasteiger partial charge < -0.3 is 15.0 Å². The first-order valence-corrected chi connectivity index (χ1v) is 7.16. The highest BCUT2D eigenvalue weighted by Gasteiger charge is 2.34. The molecular formula is C14H18ClF3N2O. The maximum atomic E-state index is 13.1. The molecule has 118 valence electrons. The Bertz CT molecular complexity index is 488. The molecule has 0 aliphatic carbocycles. The van der Waals surface area contributed by atoms with Gasteiger partial charge in [-0.05, 0) is 24.1 Å². The Hall–Kier alpha value is -0.980. The number of alkyl halides is 3. The van der Waals surface area contributed by atoms with E-state index < -0.39 is 11.7 Å². The SMILES string of the molecule is COc1cc(C(F)(F)F)c(CCN2CCNCC2)cc1Cl. The van der Waals surface area contributed by atoms with Gasteiger partial charge in [-0.2, -0.15) is 13.2 Å². The van der Waals surface area contributed by atoms with E-state index in [-0.39, 0.29) is 16.3 Å². The lowest BCUT2D eigenvalue weighted by molar-refractivity contribution is -0.138. The van der Waals surface area contributed by atoms with E-state index in [1.165, 1.54) is 13.2 Å². The number of halogens is 4. The monoisotopic (exact) mass is 322 g/mol. The number of benzene rings is 1. The number of nitrogens with zero attached hydrogens (tertiary/aromatic N) is 1. The zero-order chi connectivity index (χ0) is 15.5. The number of rotatable bonds is 4. The summed E-state index contributed by atoms with van der Waals surface area (Å²) in [5.74, 6) is 0.0508. The van der Waals surface area contributed by atoms with Crippen LogP contribution in [0.2, 0.25) is 5.02 Å². The minimum Gasteiger partial charge on any atom is -0.495 e. The van der Waals surface area contributed by atoms with Crippen LogP contribution in [0.15, 0.2) is 12.1 Å². The fourth-order valence-electron chi connectivity index (χ4n) is 2.44. The lowest BCUT2D eigenvalue weighted by Gasteiger charge is -2.27. The van der Waals surface area contributed by atoms with Crippen molar-refractivity contribution in [2.24, 2.45) is 0 Å². The summed E-state index contributed by atoms with van der Waals surface area (Å²) in [6.07, 6.45) is -4.09. The van der Waals surface area contributed by atoms with Gasteiger partial charge in [0, 0.05) is 32.7 Å². The second-order valence-electron chi connectivity index (χ2n) is 4.98. The molecular weight excluding hydrogens is 305 g/mol. The molecule has 1 saturated heterocycles. The Balaban J connectivity index is 2.18. The van der Waals surface area contributed by atoms with Gasteiger partial charge >= 0.3 is 6.18 Å². The summed E-state index contributed by atoms with van der Waals surface area (Å²) in [6.45, 7) is 4.04. The van der Waals surface area contributed by atoms with Crippen LogP contribution in [-0.2, 0) is 12.6 Å². The standard InChI is InChI=1S/C14H18ClF3N2O/c1-21-13-9-11(14(16,17)18)10(8-12(13)15)2-5-20-6-3-19-4-7-20/h8-9,19H,2-7H2,1H3. The summed E-state index contributed by atoms with van der Waals surface area (Å²) in [4.78, 5) is 2.15. The van der Waals surface area contributed by atoms with Crippen LogP contribution in [0.4, 0.5) is 13.2 Å².